The second-order valence-electron chi connectivity index (χ2n) is 9.46. The van der Waals surface area contributed by atoms with Crippen molar-refractivity contribution in [1.29, 1.82) is 0 Å². The van der Waals surface area contributed by atoms with Crippen LogP contribution in [-0.2, 0) is 22.5 Å². The number of rotatable bonds is 12. The lowest BCUT2D eigenvalue weighted by molar-refractivity contribution is -0.116. The number of hydrogen-bond acceptors (Lipinski definition) is 4. The Balaban J connectivity index is 1.48. The molecule has 3 aromatic carbocycles. The summed E-state index contributed by atoms with van der Waals surface area (Å²) in [5.74, 6) is -0.00997. The molecule has 35 heavy (non-hydrogen) atoms. The molecule has 0 heterocycles. The van der Waals surface area contributed by atoms with E-state index in [4.69, 9.17) is 16.3 Å². The van der Waals surface area contributed by atoms with Crippen LogP contribution in [0.15, 0.2) is 72.8 Å². The Bertz CT molecular complexity index is 1060. The van der Waals surface area contributed by atoms with E-state index >= 15 is 0 Å². The molecule has 0 aliphatic heterocycles. The third kappa shape index (κ3) is 9.46. The Labute approximate surface area is 213 Å². The first-order chi connectivity index (χ1) is 16.7. The number of carbonyl (C=O) groups is 1. The second-order valence-corrected chi connectivity index (χ2v) is 9.90. The van der Waals surface area contributed by atoms with Gasteiger partial charge in [0.1, 0.15) is 0 Å². The summed E-state index contributed by atoms with van der Waals surface area (Å²) in [5, 5.41) is 13.9. The van der Waals surface area contributed by atoms with Crippen LogP contribution in [0.3, 0.4) is 0 Å². The van der Waals surface area contributed by atoms with Crippen molar-refractivity contribution in [1.82, 2.24) is 4.90 Å². The monoisotopic (exact) mass is 494 g/mol. The predicted octanol–water partition coefficient (Wildman–Crippen LogP) is 5.80. The molecule has 0 saturated carbocycles. The summed E-state index contributed by atoms with van der Waals surface area (Å²) in [6, 6.07) is 23.8. The second kappa shape index (κ2) is 12.8. The topological polar surface area (TPSA) is 61.8 Å². The average molecular weight is 495 g/mol. The maximum atomic E-state index is 12.5. The van der Waals surface area contributed by atoms with Crippen LogP contribution in [0.5, 0.6) is 0 Å². The largest absolute Gasteiger partial charge is 0.389 e. The molecule has 0 saturated heterocycles. The molecule has 6 heteroatoms. The summed E-state index contributed by atoms with van der Waals surface area (Å²) in [6.45, 7) is 6.30. The molecule has 0 unspecified atom stereocenters. The number of aliphatic hydroxyl groups is 1. The van der Waals surface area contributed by atoms with Crippen molar-refractivity contribution in [2.24, 2.45) is 0 Å². The number of carbonyl (C=O) groups excluding carboxylic acids is 1. The Hall–Kier alpha value is -2.70. The zero-order valence-electron chi connectivity index (χ0n) is 20.8. The van der Waals surface area contributed by atoms with E-state index in [9.17, 15) is 9.90 Å². The Kier molecular flexibility index (Phi) is 9.87. The third-order valence-corrected chi connectivity index (χ3v) is 5.89. The maximum Gasteiger partial charge on any atom is 0.224 e. The number of nitrogens with zero attached hydrogens (tertiary/aromatic N) is 1. The first-order valence-electron chi connectivity index (χ1n) is 11.9. The molecule has 3 rings (SSSR count). The van der Waals surface area contributed by atoms with E-state index in [1.807, 2.05) is 62.4 Å². The molecule has 186 valence electrons. The van der Waals surface area contributed by atoms with Gasteiger partial charge < -0.3 is 15.2 Å². The van der Waals surface area contributed by atoms with Crippen molar-refractivity contribution < 1.29 is 14.6 Å². The molecule has 0 aliphatic rings. The number of ether oxygens (including phenoxy) is 1. The van der Waals surface area contributed by atoms with Crippen LogP contribution in [0, 0.1) is 0 Å². The number of anilines is 1. The van der Waals surface area contributed by atoms with E-state index in [2.05, 4.69) is 34.5 Å². The standard InChI is InChI=1S/C29H35ClN2O3/c1-29(2,34)21-32(18-19-35-3)20-23-6-4-22(5-7-23)8-17-28(33)31-27-15-11-25(12-16-27)24-9-13-26(30)14-10-24/h4-7,9-16,34H,8,17-21H2,1-3H3,(H,31,33). The lowest BCUT2D eigenvalue weighted by Crippen LogP contribution is -2.39. The van der Waals surface area contributed by atoms with Gasteiger partial charge in [-0.25, -0.2) is 0 Å². The van der Waals surface area contributed by atoms with Gasteiger partial charge in [0.25, 0.3) is 0 Å². The van der Waals surface area contributed by atoms with Gasteiger partial charge in [-0.15, -0.1) is 0 Å². The molecular formula is C29H35ClN2O3. The number of halogens is 1. The minimum Gasteiger partial charge on any atom is -0.389 e. The molecule has 0 atom stereocenters. The number of aryl methyl sites for hydroxylation is 1. The van der Waals surface area contributed by atoms with Gasteiger partial charge in [-0.3, -0.25) is 9.69 Å². The summed E-state index contributed by atoms with van der Waals surface area (Å²) in [6.07, 6.45) is 1.09. The predicted molar refractivity (Wildman–Crippen MR) is 144 cm³/mol. The Morgan fingerprint density at radius 1 is 0.943 bits per heavy atom. The van der Waals surface area contributed by atoms with Gasteiger partial charge in [-0.2, -0.15) is 0 Å². The summed E-state index contributed by atoms with van der Waals surface area (Å²) in [5.41, 5.74) is 4.45. The van der Waals surface area contributed by atoms with Crippen molar-refractivity contribution >= 4 is 23.2 Å². The highest BCUT2D eigenvalue weighted by Gasteiger charge is 2.18. The Morgan fingerprint density at radius 3 is 2.09 bits per heavy atom. The number of amides is 1. The van der Waals surface area contributed by atoms with E-state index in [1.54, 1.807) is 7.11 Å². The van der Waals surface area contributed by atoms with Gasteiger partial charge in [0.05, 0.1) is 12.2 Å². The number of nitrogens with one attached hydrogen (secondary N) is 1. The van der Waals surface area contributed by atoms with Gasteiger partial charge >= 0.3 is 0 Å². The highest BCUT2D eigenvalue weighted by atomic mass is 35.5. The van der Waals surface area contributed by atoms with E-state index in [0.717, 1.165) is 35.5 Å². The van der Waals surface area contributed by atoms with Gasteiger partial charge in [0.15, 0.2) is 0 Å². The van der Waals surface area contributed by atoms with Crippen molar-refractivity contribution in [2.45, 2.75) is 38.8 Å². The smallest absolute Gasteiger partial charge is 0.224 e. The molecule has 0 radical (unpaired) electrons. The third-order valence-electron chi connectivity index (χ3n) is 5.64. The minimum absolute atomic E-state index is 0.00997. The van der Waals surface area contributed by atoms with Gasteiger partial charge in [-0.1, -0.05) is 60.1 Å². The molecule has 0 aromatic heterocycles. The van der Waals surface area contributed by atoms with Crippen LogP contribution in [0.4, 0.5) is 5.69 Å². The van der Waals surface area contributed by atoms with Crippen molar-refractivity contribution in [2.75, 3.05) is 32.1 Å². The van der Waals surface area contributed by atoms with Crippen molar-refractivity contribution in [3.8, 4) is 11.1 Å². The summed E-state index contributed by atoms with van der Waals surface area (Å²) in [4.78, 5) is 14.6. The van der Waals surface area contributed by atoms with Crippen LogP contribution in [-0.4, -0.2) is 48.3 Å². The Morgan fingerprint density at radius 2 is 1.51 bits per heavy atom. The fourth-order valence-corrected chi connectivity index (χ4v) is 4.05. The molecular weight excluding hydrogens is 460 g/mol. The maximum absolute atomic E-state index is 12.5. The first kappa shape index (κ1) is 26.9. The summed E-state index contributed by atoms with van der Waals surface area (Å²) >= 11 is 5.96. The SMILES string of the molecule is COCCN(Cc1ccc(CCC(=O)Nc2ccc(-c3ccc(Cl)cc3)cc2)cc1)CC(C)(C)O. The van der Waals surface area contributed by atoms with E-state index in [-0.39, 0.29) is 5.91 Å². The van der Waals surface area contributed by atoms with E-state index in [0.29, 0.717) is 31.0 Å². The normalized spacial score (nSPS) is 11.6. The molecule has 0 aliphatic carbocycles. The quantitative estimate of drug-likeness (QED) is 0.334. The van der Waals surface area contributed by atoms with Crippen molar-refractivity contribution in [3.63, 3.8) is 0 Å². The van der Waals surface area contributed by atoms with E-state index in [1.165, 1.54) is 5.56 Å². The average Bonchev–Trinajstić information content (AvgIpc) is 2.82. The fraction of sp³-hybridized carbons (Fsp3) is 0.345. The zero-order valence-corrected chi connectivity index (χ0v) is 21.5. The molecule has 3 aromatic rings. The zero-order chi connectivity index (χ0) is 25.3. The lowest BCUT2D eigenvalue weighted by Gasteiger charge is -2.29. The van der Waals surface area contributed by atoms with Gasteiger partial charge in [0.2, 0.25) is 5.91 Å². The summed E-state index contributed by atoms with van der Waals surface area (Å²) < 4.78 is 5.20. The van der Waals surface area contributed by atoms with E-state index < -0.39 is 5.60 Å². The van der Waals surface area contributed by atoms with Crippen LogP contribution >= 0.6 is 11.6 Å². The molecule has 5 nitrogen and oxygen atoms in total. The molecule has 1 amide bonds. The number of benzene rings is 3. The van der Waals surface area contributed by atoms with Crippen LogP contribution < -0.4 is 5.32 Å². The fourth-order valence-electron chi connectivity index (χ4n) is 3.92. The van der Waals surface area contributed by atoms with Crippen molar-refractivity contribution in [3.05, 3.63) is 88.9 Å². The molecule has 0 fully saturated rings. The van der Waals surface area contributed by atoms with Gasteiger partial charge in [0, 0.05) is 43.9 Å². The number of hydrogen-bond donors (Lipinski definition) is 2. The van der Waals surface area contributed by atoms with Crippen LogP contribution in [0.1, 0.15) is 31.4 Å². The van der Waals surface area contributed by atoms with Crippen LogP contribution in [0.25, 0.3) is 11.1 Å². The number of methoxy groups -OCH3 is 1. The van der Waals surface area contributed by atoms with Crippen LogP contribution in [0.2, 0.25) is 5.02 Å². The highest BCUT2D eigenvalue weighted by Crippen LogP contribution is 2.23. The lowest BCUT2D eigenvalue weighted by atomic mass is 10.0. The highest BCUT2D eigenvalue weighted by molar-refractivity contribution is 6.30. The minimum atomic E-state index is -0.767. The summed E-state index contributed by atoms with van der Waals surface area (Å²) in [7, 11) is 1.68. The van der Waals surface area contributed by atoms with Gasteiger partial charge in [-0.05, 0) is 66.8 Å². The molecule has 0 spiro atoms. The molecule has 2 N–H and O–H groups in total. The first-order valence-corrected chi connectivity index (χ1v) is 12.3. The molecule has 0 bridgehead atoms.